The molecule has 0 heterocycles. The van der Waals surface area contributed by atoms with Gasteiger partial charge in [-0.25, -0.2) is 4.39 Å². The van der Waals surface area contributed by atoms with E-state index in [1.165, 1.54) is 12.1 Å². The van der Waals surface area contributed by atoms with Gasteiger partial charge in [0.2, 0.25) is 0 Å². The predicted molar refractivity (Wildman–Crippen MR) is 70.7 cm³/mol. The molecule has 94 valence electrons. The van der Waals surface area contributed by atoms with Gasteiger partial charge in [0.25, 0.3) is 0 Å². The number of ether oxygens (including phenoxy) is 1. The van der Waals surface area contributed by atoms with Crippen LogP contribution in [0.4, 0.5) is 4.39 Å². The Kier molecular flexibility index (Phi) is 4.18. The van der Waals surface area contributed by atoms with Crippen LogP contribution in [0.1, 0.15) is 5.56 Å². The number of benzene rings is 2. The molecule has 0 amide bonds. The lowest BCUT2D eigenvalue weighted by molar-refractivity contribution is 0.479. The Hall–Kier alpha value is -1.58. The van der Waals surface area contributed by atoms with Crippen LogP contribution in [0.3, 0.4) is 0 Å². The van der Waals surface area contributed by atoms with Crippen molar-refractivity contribution in [2.24, 2.45) is 0 Å². The van der Waals surface area contributed by atoms with Crippen molar-refractivity contribution < 1.29 is 9.13 Å². The number of hydrogen-bond acceptors (Lipinski definition) is 2. The molecule has 2 rings (SSSR count). The topological polar surface area (TPSA) is 21.3 Å². The van der Waals surface area contributed by atoms with Gasteiger partial charge in [0.1, 0.15) is 17.3 Å². The molecule has 18 heavy (non-hydrogen) atoms. The maximum absolute atomic E-state index is 13.0. The lowest BCUT2D eigenvalue weighted by Crippen LogP contribution is -2.04. The number of nitrogens with one attached hydrogen (secondary N) is 1. The minimum atomic E-state index is -0.451. The molecule has 0 aliphatic heterocycles. The summed E-state index contributed by atoms with van der Waals surface area (Å²) in [4.78, 5) is 0. The fourth-order valence-electron chi connectivity index (χ4n) is 1.60. The van der Waals surface area contributed by atoms with Crippen molar-refractivity contribution in [1.82, 2.24) is 5.32 Å². The van der Waals surface area contributed by atoms with E-state index in [9.17, 15) is 4.39 Å². The Morgan fingerprint density at radius 3 is 2.67 bits per heavy atom. The highest BCUT2D eigenvalue weighted by molar-refractivity contribution is 6.30. The maximum atomic E-state index is 13.0. The molecule has 4 heteroatoms. The second-order valence-corrected chi connectivity index (χ2v) is 4.26. The van der Waals surface area contributed by atoms with Gasteiger partial charge in [0.05, 0.1) is 5.02 Å². The summed E-state index contributed by atoms with van der Waals surface area (Å²) in [5.74, 6) is 0.765. The molecule has 0 spiro atoms. The zero-order chi connectivity index (χ0) is 13.0. The molecular formula is C14H13ClFNO. The first-order valence-corrected chi connectivity index (χ1v) is 5.93. The van der Waals surface area contributed by atoms with E-state index in [-0.39, 0.29) is 5.02 Å². The first kappa shape index (κ1) is 12.9. The van der Waals surface area contributed by atoms with Gasteiger partial charge in [-0.3, -0.25) is 0 Å². The van der Waals surface area contributed by atoms with E-state index >= 15 is 0 Å². The Balaban J connectivity index is 2.17. The molecule has 1 N–H and O–H groups in total. The van der Waals surface area contributed by atoms with E-state index in [0.29, 0.717) is 11.5 Å². The lowest BCUT2D eigenvalue weighted by atomic mass is 10.2. The second kappa shape index (κ2) is 5.85. The fourth-order valence-corrected chi connectivity index (χ4v) is 1.77. The Labute approximate surface area is 110 Å². The zero-order valence-corrected chi connectivity index (χ0v) is 10.7. The molecule has 2 nitrogen and oxygen atoms in total. The molecule has 0 aliphatic rings. The van der Waals surface area contributed by atoms with E-state index in [0.717, 1.165) is 12.1 Å². The largest absolute Gasteiger partial charge is 0.457 e. The molecule has 2 aromatic carbocycles. The van der Waals surface area contributed by atoms with Crippen LogP contribution in [0, 0.1) is 5.82 Å². The summed E-state index contributed by atoms with van der Waals surface area (Å²) < 4.78 is 18.6. The van der Waals surface area contributed by atoms with Crippen LogP contribution in [-0.2, 0) is 6.54 Å². The minimum absolute atomic E-state index is 0.0545. The Bertz CT molecular complexity index is 545. The third-order valence-corrected chi connectivity index (χ3v) is 2.70. The molecule has 0 unspecified atom stereocenters. The monoisotopic (exact) mass is 265 g/mol. The van der Waals surface area contributed by atoms with Crippen molar-refractivity contribution >= 4 is 11.6 Å². The molecule has 0 bridgehead atoms. The third-order valence-electron chi connectivity index (χ3n) is 2.41. The average Bonchev–Trinajstić information content (AvgIpc) is 2.35. The van der Waals surface area contributed by atoms with Crippen molar-refractivity contribution in [3.63, 3.8) is 0 Å². The highest BCUT2D eigenvalue weighted by Gasteiger charge is 2.03. The number of hydrogen-bond donors (Lipinski definition) is 1. The van der Waals surface area contributed by atoms with Gasteiger partial charge in [0.15, 0.2) is 0 Å². The summed E-state index contributed by atoms with van der Waals surface area (Å²) in [5, 5.41) is 3.12. The van der Waals surface area contributed by atoms with Gasteiger partial charge < -0.3 is 10.1 Å². The van der Waals surface area contributed by atoms with Crippen LogP contribution < -0.4 is 10.1 Å². The molecule has 0 radical (unpaired) electrons. The van der Waals surface area contributed by atoms with E-state index in [1.807, 2.05) is 31.3 Å². The zero-order valence-electron chi connectivity index (χ0n) is 9.91. The molecular weight excluding hydrogens is 253 g/mol. The average molecular weight is 266 g/mol. The SMILES string of the molecule is CNCc1cccc(Oc2ccc(F)c(Cl)c2)c1. The van der Waals surface area contributed by atoms with Gasteiger partial charge in [-0.1, -0.05) is 23.7 Å². The van der Waals surface area contributed by atoms with Crippen LogP contribution >= 0.6 is 11.6 Å². The normalized spacial score (nSPS) is 10.4. The summed E-state index contributed by atoms with van der Waals surface area (Å²) in [7, 11) is 1.88. The molecule has 0 atom stereocenters. The van der Waals surface area contributed by atoms with E-state index in [1.54, 1.807) is 6.07 Å². The van der Waals surface area contributed by atoms with Crippen LogP contribution in [0.15, 0.2) is 42.5 Å². The van der Waals surface area contributed by atoms with Crippen LogP contribution in [0.5, 0.6) is 11.5 Å². The Morgan fingerprint density at radius 1 is 1.17 bits per heavy atom. The fraction of sp³-hybridized carbons (Fsp3) is 0.143. The number of rotatable bonds is 4. The summed E-state index contributed by atoms with van der Waals surface area (Å²) in [6.07, 6.45) is 0. The molecule has 0 aliphatic carbocycles. The van der Waals surface area contributed by atoms with Crippen molar-refractivity contribution in [2.75, 3.05) is 7.05 Å². The highest BCUT2D eigenvalue weighted by atomic mass is 35.5. The minimum Gasteiger partial charge on any atom is -0.457 e. The summed E-state index contributed by atoms with van der Waals surface area (Å²) in [6.45, 7) is 0.765. The van der Waals surface area contributed by atoms with E-state index < -0.39 is 5.82 Å². The first-order valence-electron chi connectivity index (χ1n) is 5.55. The van der Waals surface area contributed by atoms with Gasteiger partial charge in [0, 0.05) is 12.6 Å². The molecule has 0 fully saturated rings. The summed E-state index contributed by atoms with van der Waals surface area (Å²) in [5.41, 5.74) is 1.11. The van der Waals surface area contributed by atoms with Gasteiger partial charge in [-0.15, -0.1) is 0 Å². The van der Waals surface area contributed by atoms with Gasteiger partial charge >= 0.3 is 0 Å². The standard InChI is InChI=1S/C14H13ClFNO/c1-17-9-10-3-2-4-11(7-10)18-12-5-6-14(16)13(15)8-12/h2-8,17H,9H2,1H3. The quantitative estimate of drug-likeness (QED) is 0.902. The Morgan fingerprint density at radius 2 is 1.94 bits per heavy atom. The smallest absolute Gasteiger partial charge is 0.142 e. The number of halogens is 2. The van der Waals surface area contributed by atoms with Crippen molar-refractivity contribution in [3.05, 3.63) is 58.9 Å². The molecule has 2 aromatic rings. The molecule has 0 saturated carbocycles. The second-order valence-electron chi connectivity index (χ2n) is 3.86. The van der Waals surface area contributed by atoms with Crippen molar-refractivity contribution in [1.29, 1.82) is 0 Å². The highest BCUT2D eigenvalue weighted by Crippen LogP contribution is 2.26. The summed E-state index contributed by atoms with van der Waals surface area (Å²) >= 11 is 5.70. The molecule has 0 aromatic heterocycles. The van der Waals surface area contributed by atoms with Gasteiger partial charge in [-0.2, -0.15) is 0 Å². The third kappa shape index (κ3) is 3.22. The van der Waals surface area contributed by atoms with Crippen molar-refractivity contribution in [3.8, 4) is 11.5 Å². The van der Waals surface area contributed by atoms with E-state index in [4.69, 9.17) is 16.3 Å². The predicted octanol–water partition coefficient (Wildman–Crippen LogP) is 3.99. The molecule has 0 saturated heterocycles. The first-order chi connectivity index (χ1) is 8.69. The van der Waals surface area contributed by atoms with Crippen molar-refractivity contribution in [2.45, 2.75) is 6.54 Å². The van der Waals surface area contributed by atoms with Gasteiger partial charge in [-0.05, 0) is 36.9 Å². The van der Waals surface area contributed by atoms with Crippen LogP contribution in [0.25, 0.3) is 0 Å². The maximum Gasteiger partial charge on any atom is 0.142 e. The van der Waals surface area contributed by atoms with E-state index in [2.05, 4.69) is 5.32 Å². The van der Waals surface area contributed by atoms with Crippen LogP contribution in [0.2, 0.25) is 5.02 Å². The summed E-state index contributed by atoms with van der Waals surface area (Å²) in [6, 6.07) is 12.0. The lowest BCUT2D eigenvalue weighted by Gasteiger charge is -2.08. The van der Waals surface area contributed by atoms with Crippen LogP contribution in [-0.4, -0.2) is 7.05 Å².